The van der Waals surface area contributed by atoms with Gasteiger partial charge in [0, 0.05) is 14.8 Å². The van der Waals surface area contributed by atoms with Gasteiger partial charge >= 0.3 is 0 Å². The van der Waals surface area contributed by atoms with Crippen molar-refractivity contribution in [3.8, 4) is 6.07 Å². The molecule has 3 rings (SSSR count). The molecule has 0 saturated heterocycles. The van der Waals surface area contributed by atoms with Crippen LogP contribution < -0.4 is 0 Å². The van der Waals surface area contributed by atoms with E-state index in [1.807, 2.05) is 43.3 Å². The van der Waals surface area contributed by atoms with Gasteiger partial charge in [-0.2, -0.15) is 5.26 Å². The number of thiophene rings is 1. The van der Waals surface area contributed by atoms with E-state index in [0.717, 1.165) is 20.1 Å². The number of fused-ring (bicyclic) bond motifs is 1. The minimum Gasteiger partial charge on any atom is -0.235 e. The molecule has 2 nitrogen and oxygen atoms in total. The predicted octanol–water partition coefficient (Wildman–Crippen LogP) is 5.38. The molecule has 0 radical (unpaired) electrons. The lowest BCUT2D eigenvalue weighted by Crippen LogP contribution is -1.78. The molecule has 2 aromatic heterocycles. The number of hydrogen-bond donors (Lipinski definition) is 0. The van der Waals surface area contributed by atoms with E-state index in [1.54, 1.807) is 11.3 Å². The fourth-order valence-electron chi connectivity index (χ4n) is 1.83. The molecule has 5 heteroatoms. The quantitative estimate of drug-likeness (QED) is 0.595. The molecule has 0 fully saturated rings. The second-order valence-corrected chi connectivity index (χ2v) is 7.04. The van der Waals surface area contributed by atoms with Crippen LogP contribution in [0, 0.1) is 18.3 Å². The van der Waals surface area contributed by atoms with Crippen molar-refractivity contribution >= 4 is 56.1 Å². The SMILES string of the molecule is Cc1ccc(/C=C(\C#N)c2nc3cc(Cl)ccc3s2)s1. The van der Waals surface area contributed by atoms with Crippen LogP contribution in [0.3, 0.4) is 0 Å². The summed E-state index contributed by atoms with van der Waals surface area (Å²) in [5, 5.41) is 10.7. The maximum Gasteiger partial charge on any atom is 0.135 e. The van der Waals surface area contributed by atoms with E-state index in [9.17, 15) is 5.26 Å². The van der Waals surface area contributed by atoms with E-state index < -0.39 is 0 Å². The molecular formula is C15H9ClN2S2. The van der Waals surface area contributed by atoms with Crippen molar-refractivity contribution in [2.24, 2.45) is 0 Å². The van der Waals surface area contributed by atoms with Gasteiger partial charge in [-0.25, -0.2) is 4.98 Å². The molecule has 0 aliphatic heterocycles. The summed E-state index contributed by atoms with van der Waals surface area (Å²) in [6, 6.07) is 11.9. The number of halogens is 1. The fourth-order valence-corrected chi connectivity index (χ4v) is 3.73. The normalized spacial score (nSPS) is 11.8. The molecule has 3 aromatic rings. The first-order chi connectivity index (χ1) is 9.65. The van der Waals surface area contributed by atoms with Crippen molar-refractivity contribution in [2.75, 3.05) is 0 Å². The van der Waals surface area contributed by atoms with Crippen LogP contribution in [0.1, 0.15) is 14.8 Å². The van der Waals surface area contributed by atoms with Gasteiger partial charge in [-0.1, -0.05) is 11.6 Å². The van der Waals surface area contributed by atoms with E-state index in [2.05, 4.69) is 11.1 Å². The second-order valence-electron chi connectivity index (χ2n) is 4.25. The smallest absolute Gasteiger partial charge is 0.135 e. The van der Waals surface area contributed by atoms with Crippen molar-refractivity contribution in [1.29, 1.82) is 5.26 Å². The number of rotatable bonds is 2. The Kier molecular flexibility index (Phi) is 3.58. The Morgan fingerprint density at radius 3 is 2.85 bits per heavy atom. The Labute approximate surface area is 129 Å². The molecule has 0 N–H and O–H groups in total. The Bertz CT molecular complexity index is 852. The van der Waals surface area contributed by atoms with Crippen LogP contribution in [0.2, 0.25) is 5.02 Å². The number of aryl methyl sites for hydroxylation is 1. The lowest BCUT2D eigenvalue weighted by molar-refractivity contribution is 1.44. The second kappa shape index (κ2) is 5.37. The maximum absolute atomic E-state index is 9.35. The van der Waals surface area contributed by atoms with Crippen LogP contribution >= 0.6 is 34.3 Å². The summed E-state index contributed by atoms with van der Waals surface area (Å²) in [4.78, 5) is 6.79. The number of nitriles is 1. The Hall–Kier alpha value is -1.67. The lowest BCUT2D eigenvalue weighted by Gasteiger charge is -1.90. The van der Waals surface area contributed by atoms with Crippen molar-refractivity contribution in [3.05, 3.63) is 50.1 Å². The number of benzene rings is 1. The van der Waals surface area contributed by atoms with Crippen LogP contribution in [0.15, 0.2) is 30.3 Å². The van der Waals surface area contributed by atoms with Crippen molar-refractivity contribution < 1.29 is 0 Å². The molecule has 1 aromatic carbocycles. The van der Waals surface area contributed by atoms with Gasteiger partial charge < -0.3 is 0 Å². The van der Waals surface area contributed by atoms with Gasteiger partial charge in [0.25, 0.3) is 0 Å². The van der Waals surface area contributed by atoms with Gasteiger partial charge in [-0.3, -0.25) is 0 Å². The molecule has 0 atom stereocenters. The molecule has 98 valence electrons. The molecule has 0 aliphatic rings. The summed E-state index contributed by atoms with van der Waals surface area (Å²) in [7, 11) is 0. The molecule has 0 unspecified atom stereocenters. The van der Waals surface area contributed by atoms with E-state index >= 15 is 0 Å². The summed E-state index contributed by atoms with van der Waals surface area (Å²) in [6.45, 7) is 2.05. The molecule has 2 heterocycles. The summed E-state index contributed by atoms with van der Waals surface area (Å²) in [5.41, 5.74) is 1.42. The molecule has 20 heavy (non-hydrogen) atoms. The summed E-state index contributed by atoms with van der Waals surface area (Å²) >= 11 is 9.13. The average molecular weight is 317 g/mol. The third-order valence-corrected chi connectivity index (χ3v) is 5.00. The first-order valence-corrected chi connectivity index (χ1v) is 7.91. The van der Waals surface area contributed by atoms with Gasteiger partial charge in [-0.05, 0) is 43.3 Å². The highest BCUT2D eigenvalue weighted by Gasteiger charge is 2.09. The zero-order valence-electron chi connectivity index (χ0n) is 10.6. The van der Waals surface area contributed by atoms with Gasteiger partial charge in [0.1, 0.15) is 11.1 Å². The van der Waals surface area contributed by atoms with Crippen molar-refractivity contribution in [1.82, 2.24) is 4.98 Å². The highest BCUT2D eigenvalue weighted by Crippen LogP contribution is 2.30. The monoisotopic (exact) mass is 316 g/mol. The zero-order chi connectivity index (χ0) is 14.1. The maximum atomic E-state index is 9.35. The van der Waals surface area contributed by atoms with Crippen LogP contribution in [0.5, 0.6) is 0 Å². The van der Waals surface area contributed by atoms with Crippen LogP contribution in [-0.4, -0.2) is 4.98 Å². The standard InChI is InChI=1S/C15H9ClN2S2/c1-9-2-4-12(19-9)6-10(8-17)15-18-13-7-11(16)3-5-14(13)20-15/h2-7H,1H3/b10-6+. The van der Waals surface area contributed by atoms with Crippen molar-refractivity contribution in [2.45, 2.75) is 6.92 Å². The minimum atomic E-state index is 0.587. The molecule has 0 amide bonds. The van der Waals surface area contributed by atoms with E-state index in [4.69, 9.17) is 11.6 Å². The predicted molar refractivity (Wildman–Crippen MR) is 87.2 cm³/mol. The fraction of sp³-hybridized carbons (Fsp3) is 0.0667. The Balaban J connectivity index is 2.07. The lowest BCUT2D eigenvalue weighted by atomic mass is 10.2. The average Bonchev–Trinajstić information content (AvgIpc) is 3.01. The van der Waals surface area contributed by atoms with Gasteiger partial charge in [-0.15, -0.1) is 22.7 Å². The number of nitrogens with zero attached hydrogens (tertiary/aromatic N) is 2. The Morgan fingerprint density at radius 1 is 1.30 bits per heavy atom. The third kappa shape index (κ3) is 2.61. The molecular weight excluding hydrogens is 308 g/mol. The molecule has 0 spiro atoms. The number of thiazole rings is 1. The van der Waals surface area contributed by atoms with Crippen molar-refractivity contribution in [3.63, 3.8) is 0 Å². The number of hydrogen-bond acceptors (Lipinski definition) is 4. The minimum absolute atomic E-state index is 0.587. The van der Waals surface area contributed by atoms with Crippen LogP contribution in [0.4, 0.5) is 0 Å². The van der Waals surface area contributed by atoms with Gasteiger partial charge in [0.15, 0.2) is 0 Å². The zero-order valence-corrected chi connectivity index (χ0v) is 12.9. The number of aromatic nitrogens is 1. The van der Waals surface area contributed by atoms with Crippen LogP contribution in [-0.2, 0) is 0 Å². The van der Waals surface area contributed by atoms with Crippen LogP contribution in [0.25, 0.3) is 21.9 Å². The Morgan fingerprint density at radius 2 is 2.15 bits per heavy atom. The summed E-state index contributed by atoms with van der Waals surface area (Å²) < 4.78 is 1.04. The molecule has 0 saturated carbocycles. The summed E-state index contributed by atoms with van der Waals surface area (Å²) in [5.74, 6) is 0. The summed E-state index contributed by atoms with van der Waals surface area (Å²) in [6.07, 6.45) is 1.89. The largest absolute Gasteiger partial charge is 0.235 e. The van der Waals surface area contributed by atoms with Gasteiger partial charge in [0.05, 0.1) is 15.8 Å². The topological polar surface area (TPSA) is 36.7 Å². The highest BCUT2D eigenvalue weighted by molar-refractivity contribution is 7.19. The first kappa shape index (κ1) is 13.3. The van der Waals surface area contributed by atoms with E-state index in [0.29, 0.717) is 10.6 Å². The highest BCUT2D eigenvalue weighted by atomic mass is 35.5. The van der Waals surface area contributed by atoms with Gasteiger partial charge in [0.2, 0.25) is 0 Å². The number of allylic oxidation sites excluding steroid dienone is 1. The molecule has 0 bridgehead atoms. The first-order valence-electron chi connectivity index (χ1n) is 5.90. The molecule has 0 aliphatic carbocycles. The third-order valence-electron chi connectivity index (χ3n) is 2.75. The van der Waals surface area contributed by atoms with E-state index in [1.165, 1.54) is 16.2 Å². The van der Waals surface area contributed by atoms with E-state index in [-0.39, 0.29) is 0 Å².